The fraction of sp³-hybridized carbons (Fsp3) is 0.462. The summed E-state index contributed by atoms with van der Waals surface area (Å²) < 4.78 is 38.7. The van der Waals surface area contributed by atoms with Crippen LogP contribution in [0.15, 0.2) is 28.7 Å². The van der Waals surface area contributed by atoms with Crippen molar-refractivity contribution < 1.29 is 23.1 Å². The fourth-order valence-electron chi connectivity index (χ4n) is 1.51. The second kappa shape index (κ2) is 6.33. The zero-order valence-electron chi connectivity index (χ0n) is 11.4. The van der Waals surface area contributed by atoms with Gasteiger partial charge in [0.05, 0.1) is 12.1 Å². The third-order valence-corrected chi connectivity index (χ3v) is 3.63. The minimum absolute atomic E-state index is 0.469. The van der Waals surface area contributed by atoms with E-state index < -0.39 is 29.8 Å². The van der Waals surface area contributed by atoms with E-state index in [-0.39, 0.29) is 0 Å². The van der Waals surface area contributed by atoms with Crippen molar-refractivity contribution in [1.82, 2.24) is 5.32 Å². The Hall–Kier alpha value is -1.12. The number of carbonyl (C=O) groups excluding carboxylic acids is 1. The number of hydrogen-bond acceptors (Lipinski definition) is 3. The molecule has 0 aliphatic heterocycles. The first kappa shape index (κ1) is 17.9. The number of aliphatic hydroxyl groups excluding tert-OH is 1. The third kappa shape index (κ3) is 4.18. The number of nitrogens with one attached hydrogen (secondary N) is 1. The van der Waals surface area contributed by atoms with Gasteiger partial charge in [-0.05, 0) is 31.5 Å². The molecule has 0 fully saturated rings. The number of rotatable bonds is 4. The van der Waals surface area contributed by atoms with Crippen LogP contribution in [0.1, 0.15) is 25.5 Å². The summed E-state index contributed by atoms with van der Waals surface area (Å²) >= 11 is 3.23. The van der Waals surface area contributed by atoms with Crippen molar-refractivity contribution in [3.8, 4) is 0 Å². The normalized spacial score (nSPS) is 17.7. The summed E-state index contributed by atoms with van der Waals surface area (Å²) in [5.41, 5.74) is 2.48. The van der Waals surface area contributed by atoms with Gasteiger partial charge in [-0.1, -0.05) is 28.1 Å². The van der Waals surface area contributed by atoms with Gasteiger partial charge < -0.3 is 16.2 Å². The molecule has 0 aliphatic carbocycles. The Labute approximate surface area is 128 Å². The Kier molecular flexibility index (Phi) is 5.40. The molecule has 0 spiro atoms. The zero-order chi connectivity index (χ0) is 16.4. The Bertz CT molecular complexity index is 503. The quantitative estimate of drug-likeness (QED) is 0.762. The first-order valence-electron chi connectivity index (χ1n) is 6.07. The van der Waals surface area contributed by atoms with Crippen molar-refractivity contribution in [3.05, 3.63) is 34.3 Å². The Balaban J connectivity index is 2.79. The van der Waals surface area contributed by atoms with Gasteiger partial charge in [0, 0.05) is 4.47 Å². The van der Waals surface area contributed by atoms with Crippen LogP contribution in [0, 0.1) is 0 Å². The number of amides is 1. The number of hydrogen-bond donors (Lipinski definition) is 3. The van der Waals surface area contributed by atoms with Gasteiger partial charge in [0.2, 0.25) is 5.91 Å². The van der Waals surface area contributed by atoms with Crippen LogP contribution in [0.3, 0.4) is 0 Å². The maximum atomic E-state index is 12.6. The van der Waals surface area contributed by atoms with Gasteiger partial charge in [-0.3, -0.25) is 4.79 Å². The molecule has 0 heterocycles. The molecular weight excluding hydrogens is 353 g/mol. The molecule has 1 amide bonds. The van der Waals surface area contributed by atoms with Gasteiger partial charge in [-0.25, -0.2) is 0 Å². The fourth-order valence-corrected chi connectivity index (χ4v) is 1.78. The van der Waals surface area contributed by atoms with Gasteiger partial charge in [-0.15, -0.1) is 0 Å². The molecular formula is C13H16BrF3N2O2. The van der Waals surface area contributed by atoms with Crippen LogP contribution in [0.4, 0.5) is 13.2 Å². The van der Waals surface area contributed by atoms with Gasteiger partial charge in [-0.2, -0.15) is 13.2 Å². The summed E-state index contributed by atoms with van der Waals surface area (Å²) in [6, 6.07) is 5.63. The molecule has 4 N–H and O–H groups in total. The Morgan fingerprint density at radius 1 is 1.33 bits per heavy atom. The predicted molar refractivity (Wildman–Crippen MR) is 75.4 cm³/mol. The average Bonchev–Trinajstić information content (AvgIpc) is 2.37. The van der Waals surface area contributed by atoms with Crippen LogP contribution >= 0.6 is 15.9 Å². The van der Waals surface area contributed by atoms with Crippen molar-refractivity contribution in [3.63, 3.8) is 0 Å². The zero-order valence-corrected chi connectivity index (χ0v) is 13.0. The first-order valence-corrected chi connectivity index (χ1v) is 6.86. The monoisotopic (exact) mass is 368 g/mol. The lowest BCUT2D eigenvalue weighted by atomic mass is 9.99. The van der Waals surface area contributed by atoms with Crippen molar-refractivity contribution in [2.75, 3.05) is 0 Å². The summed E-state index contributed by atoms with van der Waals surface area (Å²) in [6.45, 7) is 1.98. The number of alkyl halides is 3. The van der Waals surface area contributed by atoms with Crippen molar-refractivity contribution in [2.45, 2.75) is 37.7 Å². The van der Waals surface area contributed by atoms with Gasteiger partial charge in [0.25, 0.3) is 0 Å². The van der Waals surface area contributed by atoms with Crippen LogP contribution in [0.25, 0.3) is 0 Å². The van der Waals surface area contributed by atoms with Crippen LogP contribution in [0.5, 0.6) is 0 Å². The molecule has 4 nitrogen and oxygen atoms in total. The minimum atomic E-state index is -4.88. The number of carbonyl (C=O) groups is 1. The van der Waals surface area contributed by atoms with Crippen LogP contribution in [-0.4, -0.2) is 28.8 Å². The summed E-state index contributed by atoms with van der Waals surface area (Å²) in [7, 11) is 0. The van der Waals surface area contributed by atoms with E-state index in [9.17, 15) is 23.1 Å². The Morgan fingerprint density at radius 2 is 1.81 bits per heavy atom. The molecule has 0 aromatic heterocycles. The summed E-state index contributed by atoms with van der Waals surface area (Å²) in [6.07, 6.45) is -6.02. The topological polar surface area (TPSA) is 75.4 Å². The van der Waals surface area contributed by atoms with E-state index in [2.05, 4.69) is 21.2 Å². The lowest BCUT2D eigenvalue weighted by Gasteiger charge is -2.29. The van der Waals surface area contributed by atoms with E-state index in [0.29, 0.717) is 12.5 Å². The van der Waals surface area contributed by atoms with Gasteiger partial charge in [0.15, 0.2) is 5.54 Å². The smallest absolute Gasteiger partial charge is 0.386 e. The number of nitrogens with two attached hydrogens (primary N) is 1. The third-order valence-electron chi connectivity index (χ3n) is 3.10. The summed E-state index contributed by atoms with van der Waals surface area (Å²) in [4.78, 5) is 11.6. The van der Waals surface area contributed by atoms with E-state index in [4.69, 9.17) is 5.73 Å². The maximum Gasteiger partial charge on any atom is 0.415 e. The molecule has 0 saturated carbocycles. The standard InChI is InChI=1S/C13H16BrF3N2O2/c1-7(10(20)8-3-5-9(14)6-4-8)19-11(21)12(2,18)13(15,16)17/h3-7,10,20H,18H2,1-2H3,(H,19,21). The second-order valence-electron chi connectivity index (χ2n) is 4.96. The lowest BCUT2D eigenvalue weighted by molar-refractivity contribution is -0.188. The maximum absolute atomic E-state index is 12.6. The molecule has 1 rings (SSSR count). The SMILES string of the molecule is CC(NC(=O)C(C)(N)C(F)(F)F)C(O)c1ccc(Br)cc1. The molecule has 3 atom stereocenters. The van der Waals surface area contributed by atoms with E-state index in [1.807, 2.05) is 0 Å². The minimum Gasteiger partial charge on any atom is -0.386 e. The highest BCUT2D eigenvalue weighted by Crippen LogP contribution is 2.28. The molecule has 0 radical (unpaired) electrons. The Morgan fingerprint density at radius 3 is 2.24 bits per heavy atom. The van der Waals surface area contributed by atoms with Crippen molar-refractivity contribution >= 4 is 21.8 Å². The lowest BCUT2D eigenvalue weighted by Crippen LogP contribution is -2.62. The van der Waals surface area contributed by atoms with Crippen molar-refractivity contribution in [1.29, 1.82) is 0 Å². The second-order valence-corrected chi connectivity index (χ2v) is 5.87. The largest absolute Gasteiger partial charge is 0.415 e. The van der Waals surface area contributed by atoms with Crippen molar-refractivity contribution in [2.24, 2.45) is 5.73 Å². The van der Waals surface area contributed by atoms with Crippen LogP contribution in [0.2, 0.25) is 0 Å². The molecule has 1 aromatic rings. The number of halogens is 4. The summed E-state index contributed by atoms with van der Waals surface area (Å²) in [5, 5.41) is 12.1. The molecule has 0 bridgehead atoms. The van der Waals surface area contributed by atoms with Crippen LogP contribution < -0.4 is 11.1 Å². The molecule has 118 valence electrons. The molecule has 0 saturated heterocycles. The van der Waals surface area contributed by atoms with E-state index in [1.165, 1.54) is 6.92 Å². The predicted octanol–water partition coefficient (Wildman–Crippen LogP) is 2.27. The van der Waals surface area contributed by atoms with E-state index in [0.717, 1.165) is 4.47 Å². The molecule has 0 aliphatic rings. The van der Waals surface area contributed by atoms with Crippen LogP contribution in [-0.2, 0) is 4.79 Å². The molecule has 1 aromatic carbocycles. The molecule has 3 unspecified atom stereocenters. The highest BCUT2D eigenvalue weighted by molar-refractivity contribution is 9.10. The van der Waals surface area contributed by atoms with Gasteiger partial charge >= 0.3 is 6.18 Å². The molecule has 21 heavy (non-hydrogen) atoms. The summed E-state index contributed by atoms with van der Waals surface area (Å²) in [5.74, 6) is -1.39. The molecule has 8 heteroatoms. The number of benzene rings is 1. The van der Waals surface area contributed by atoms with E-state index >= 15 is 0 Å². The highest BCUT2D eigenvalue weighted by Gasteiger charge is 2.54. The first-order chi connectivity index (χ1) is 9.46. The van der Waals surface area contributed by atoms with Gasteiger partial charge in [0.1, 0.15) is 0 Å². The average molecular weight is 369 g/mol. The highest BCUT2D eigenvalue weighted by atomic mass is 79.9. The number of aliphatic hydroxyl groups is 1. The van der Waals surface area contributed by atoms with E-state index in [1.54, 1.807) is 24.3 Å².